The second-order valence-electron chi connectivity index (χ2n) is 6.12. The van der Waals surface area contributed by atoms with Crippen LogP contribution in [0.5, 0.6) is 0 Å². The van der Waals surface area contributed by atoms with Crippen molar-refractivity contribution < 1.29 is 4.74 Å². The highest BCUT2D eigenvalue weighted by molar-refractivity contribution is 14.0. The molecule has 9 heteroatoms. The lowest BCUT2D eigenvalue weighted by atomic mass is 10.2. The van der Waals surface area contributed by atoms with Gasteiger partial charge in [-0.05, 0) is 25.3 Å². The van der Waals surface area contributed by atoms with Crippen LogP contribution in [0, 0.1) is 6.92 Å². The largest absolute Gasteiger partial charge is 0.379 e. The predicted octanol–water partition coefficient (Wildman–Crippen LogP) is 3.26. The van der Waals surface area contributed by atoms with Gasteiger partial charge in [0, 0.05) is 35.9 Å². The molecule has 1 aliphatic heterocycles. The molecule has 2 N–H and O–H groups in total. The summed E-state index contributed by atoms with van der Waals surface area (Å²) in [6, 6.07) is 4.68. The van der Waals surface area contributed by atoms with Crippen LogP contribution < -0.4 is 10.6 Å². The van der Waals surface area contributed by atoms with Crippen molar-refractivity contribution in [3.63, 3.8) is 0 Å². The van der Waals surface area contributed by atoms with Crippen LogP contribution in [0.3, 0.4) is 0 Å². The SMILES string of the molecule is CCNC(=NCc1scnc1C)NCC(c1cccs1)N1CCOCC1.I. The van der Waals surface area contributed by atoms with E-state index < -0.39 is 0 Å². The Labute approximate surface area is 186 Å². The summed E-state index contributed by atoms with van der Waals surface area (Å²) in [4.78, 5) is 14.1. The van der Waals surface area contributed by atoms with Gasteiger partial charge in [0.2, 0.25) is 0 Å². The van der Waals surface area contributed by atoms with E-state index in [0.29, 0.717) is 12.6 Å². The zero-order chi connectivity index (χ0) is 18.2. The Hall–Kier alpha value is -0.750. The van der Waals surface area contributed by atoms with Crippen LogP contribution in [0.4, 0.5) is 0 Å². The van der Waals surface area contributed by atoms with Gasteiger partial charge in [-0.1, -0.05) is 6.07 Å². The van der Waals surface area contributed by atoms with Gasteiger partial charge in [0.05, 0.1) is 37.0 Å². The molecular weight excluding hydrogens is 493 g/mol. The van der Waals surface area contributed by atoms with Crippen LogP contribution in [-0.2, 0) is 11.3 Å². The highest BCUT2D eigenvalue weighted by Gasteiger charge is 2.23. The van der Waals surface area contributed by atoms with Gasteiger partial charge in [0.15, 0.2) is 5.96 Å². The number of halogens is 1. The van der Waals surface area contributed by atoms with Crippen LogP contribution >= 0.6 is 46.7 Å². The van der Waals surface area contributed by atoms with Crippen molar-refractivity contribution in [1.82, 2.24) is 20.5 Å². The first-order valence-electron chi connectivity index (χ1n) is 9.04. The van der Waals surface area contributed by atoms with Gasteiger partial charge < -0.3 is 15.4 Å². The third kappa shape index (κ3) is 6.67. The van der Waals surface area contributed by atoms with Gasteiger partial charge in [-0.2, -0.15) is 0 Å². The number of thiazole rings is 1. The first kappa shape index (κ1) is 22.5. The van der Waals surface area contributed by atoms with Crippen molar-refractivity contribution in [2.45, 2.75) is 26.4 Å². The minimum Gasteiger partial charge on any atom is -0.379 e. The first-order valence-corrected chi connectivity index (χ1v) is 10.8. The number of hydrogen-bond acceptors (Lipinski definition) is 6. The van der Waals surface area contributed by atoms with Gasteiger partial charge in [0.1, 0.15) is 0 Å². The zero-order valence-electron chi connectivity index (χ0n) is 15.8. The van der Waals surface area contributed by atoms with Crippen LogP contribution in [0.25, 0.3) is 0 Å². The molecule has 0 aliphatic carbocycles. The molecule has 0 radical (unpaired) electrons. The highest BCUT2D eigenvalue weighted by atomic mass is 127. The minimum absolute atomic E-state index is 0. The summed E-state index contributed by atoms with van der Waals surface area (Å²) in [7, 11) is 0. The minimum atomic E-state index is 0. The molecule has 150 valence electrons. The van der Waals surface area contributed by atoms with Crippen LogP contribution in [0.2, 0.25) is 0 Å². The van der Waals surface area contributed by atoms with Crippen molar-refractivity contribution >= 4 is 52.6 Å². The summed E-state index contributed by atoms with van der Waals surface area (Å²) in [5.41, 5.74) is 2.95. The summed E-state index contributed by atoms with van der Waals surface area (Å²) in [5, 5.41) is 9.03. The third-order valence-corrected chi connectivity index (χ3v) is 6.28. The number of aliphatic imine (C=N–C) groups is 1. The molecule has 2 aromatic heterocycles. The molecule has 0 aromatic carbocycles. The Morgan fingerprint density at radius 1 is 1.33 bits per heavy atom. The number of nitrogens with zero attached hydrogens (tertiary/aromatic N) is 3. The molecule has 27 heavy (non-hydrogen) atoms. The average molecular weight is 521 g/mol. The van der Waals surface area contributed by atoms with Crippen molar-refractivity contribution in [3.05, 3.63) is 38.5 Å². The maximum absolute atomic E-state index is 5.52. The average Bonchev–Trinajstić information content (AvgIpc) is 3.33. The lowest BCUT2D eigenvalue weighted by Crippen LogP contribution is -2.46. The van der Waals surface area contributed by atoms with E-state index >= 15 is 0 Å². The number of aromatic nitrogens is 1. The van der Waals surface area contributed by atoms with Crippen molar-refractivity contribution in [1.29, 1.82) is 0 Å². The molecule has 3 rings (SSSR count). The number of nitrogens with one attached hydrogen (secondary N) is 2. The number of thiophene rings is 1. The fourth-order valence-corrected chi connectivity index (χ4v) is 4.50. The standard InChI is InChI=1S/C18H27N5OS2.HI/c1-3-19-18(21-12-17-14(2)22-13-26-17)20-11-15(16-5-4-10-25-16)23-6-8-24-9-7-23;/h4-5,10,13,15H,3,6-9,11-12H2,1-2H3,(H2,19,20,21);1H. The molecule has 3 heterocycles. The molecule has 1 fully saturated rings. The van der Waals surface area contributed by atoms with E-state index in [1.165, 1.54) is 9.75 Å². The Morgan fingerprint density at radius 3 is 2.78 bits per heavy atom. The normalized spacial score (nSPS) is 16.6. The summed E-state index contributed by atoms with van der Waals surface area (Å²) < 4.78 is 5.52. The number of guanidine groups is 1. The summed E-state index contributed by atoms with van der Waals surface area (Å²) >= 11 is 3.47. The molecule has 0 spiro atoms. The van der Waals surface area contributed by atoms with Gasteiger partial charge in [-0.3, -0.25) is 4.90 Å². The Balaban J connectivity index is 0.00000261. The molecule has 2 aromatic rings. The monoisotopic (exact) mass is 521 g/mol. The number of hydrogen-bond donors (Lipinski definition) is 2. The van der Waals surface area contributed by atoms with Crippen molar-refractivity contribution in [3.8, 4) is 0 Å². The van der Waals surface area contributed by atoms with Crippen LogP contribution in [0.1, 0.15) is 28.4 Å². The fraction of sp³-hybridized carbons (Fsp3) is 0.556. The Morgan fingerprint density at radius 2 is 2.15 bits per heavy atom. The van der Waals surface area contributed by atoms with Crippen molar-refractivity contribution in [2.75, 3.05) is 39.4 Å². The second kappa shape index (κ2) is 11.9. The molecule has 1 atom stereocenters. The molecule has 1 aliphatic rings. The number of ether oxygens (including phenoxy) is 1. The van der Waals surface area contributed by atoms with E-state index in [9.17, 15) is 0 Å². The van der Waals surface area contributed by atoms with Gasteiger partial charge in [-0.15, -0.1) is 46.7 Å². The summed E-state index contributed by atoms with van der Waals surface area (Å²) in [6.45, 7) is 10.0. The Bertz CT molecular complexity index is 686. The van der Waals surface area contributed by atoms with Crippen LogP contribution in [0.15, 0.2) is 28.0 Å². The Kier molecular flexibility index (Phi) is 9.98. The van der Waals surface area contributed by atoms with Gasteiger partial charge >= 0.3 is 0 Å². The van der Waals surface area contributed by atoms with Crippen molar-refractivity contribution in [2.24, 2.45) is 4.99 Å². The number of morpholine rings is 1. The smallest absolute Gasteiger partial charge is 0.191 e. The van der Waals surface area contributed by atoms with Gasteiger partial charge in [-0.25, -0.2) is 9.98 Å². The fourth-order valence-electron chi connectivity index (χ4n) is 2.94. The van der Waals surface area contributed by atoms with E-state index in [2.05, 4.69) is 45.0 Å². The molecule has 6 nitrogen and oxygen atoms in total. The molecule has 0 amide bonds. The number of rotatable bonds is 7. The van der Waals surface area contributed by atoms with E-state index in [1.807, 2.05) is 23.8 Å². The molecule has 1 unspecified atom stereocenters. The van der Waals surface area contributed by atoms with Gasteiger partial charge in [0.25, 0.3) is 0 Å². The van der Waals surface area contributed by atoms with E-state index in [1.54, 1.807) is 11.3 Å². The van der Waals surface area contributed by atoms with E-state index in [0.717, 1.165) is 51.0 Å². The van der Waals surface area contributed by atoms with E-state index in [-0.39, 0.29) is 24.0 Å². The van der Waals surface area contributed by atoms with Crippen LogP contribution in [-0.4, -0.2) is 55.2 Å². The topological polar surface area (TPSA) is 61.8 Å². The third-order valence-electron chi connectivity index (χ3n) is 4.39. The lowest BCUT2D eigenvalue weighted by Gasteiger charge is -2.34. The number of aryl methyl sites for hydroxylation is 1. The molecule has 1 saturated heterocycles. The first-order chi connectivity index (χ1) is 12.8. The predicted molar refractivity (Wildman–Crippen MR) is 125 cm³/mol. The highest BCUT2D eigenvalue weighted by Crippen LogP contribution is 2.25. The van der Waals surface area contributed by atoms with E-state index in [4.69, 9.17) is 9.73 Å². The molecule has 0 bridgehead atoms. The maximum atomic E-state index is 5.52. The molecule has 0 saturated carbocycles. The lowest BCUT2D eigenvalue weighted by molar-refractivity contribution is 0.0177. The second-order valence-corrected chi connectivity index (χ2v) is 8.04. The quantitative estimate of drug-likeness (QED) is 0.333. The summed E-state index contributed by atoms with van der Waals surface area (Å²) in [6.07, 6.45) is 0. The zero-order valence-corrected chi connectivity index (χ0v) is 19.8. The maximum Gasteiger partial charge on any atom is 0.191 e. The molecular formula is C18H28IN5OS2. The summed E-state index contributed by atoms with van der Waals surface area (Å²) in [5.74, 6) is 0.857.